The number of anilines is 1. The molecule has 6 heteroatoms. The standard InChI is InChI=1S/C14H16N2O3S/c1-3-11(14-5-4-8-20-14)15-10-6-7-12(16(17)18)13(9-10)19-2/h4-9,11,15H,3H2,1-2H3. The number of benzene rings is 1. The van der Waals surface area contributed by atoms with E-state index in [-0.39, 0.29) is 17.5 Å². The van der Waals surface area contributed by atoms with E-state index in [2.05, 4.69) is 18.3 Å². The van der Waals surface area contributed by atoms with Gasteiger partial charge in [-0.05, 0) is 23.9 Å². The first-order valence-corrected chi connectivity index (χ1v) is 7.16. The van der Waals surface area contributed by atoms with Crippen molar-refractivity contribution in [2.24, 2.45) is 0 Å². The molecule has 1 aromatic heterocycles. The average molecular weight is 292 g/mol. The van der Waals surface area contributed by atoms with Crippen LogP contribution >= 0.6 is 11.3 Å². The summed E-state index contributed by atoms with van der Waals surface area (Å²) >= 11 is 1.69. The summed E-state index contributed by atoms with van der Waals surface area (Å²) in [5.74, 6) is 0.265. The number of hydrogen-bond donors (Lipinski definition) is 1. The fourth-order valence-electron chi connectivity index (χ4n) is 1.98. The second-order valence-corrected chi connectivity index (χ2v) is 5.24. The fourth-order valence-corrected chi connectivity index (χ4v) is 2.84. The van der Waals surface area contributed by atoms with Crippen molar-refractivity contribution < 1.29 is 9.66 Å². The van der Waals surface area contributed by atoms with Crippen LogP contribution in [0.5, 0.6) is 5.75 Å². The second-order valence-electron chi connectivity index (χ2n) is 4.26. The molecular weight excluding hydrogens is 276 g/mol. The molecule has 1 unspecified atom stereocenters. The Morgan fingerprint density at radius 3 is 2.80 bits per heavy atom. The van der Waals surface area contributed by atoms with Crippen LogP contribution in [0.25, 0.3) is 0 Å². The van der Waals surface area contributed by atoms with Crippen molar-refractivity contribution in [1.82, 2.24) is 0 Å². The highest BCUT2D eigenvalue weighted by Crippen LogP contribution is 2.32. The molecule has 0 fully saturated rings. The van der Waals surface area contributed by atoms with Gasteiger partial charge in [-0.3, -0.25) is 10.1 Å². The molecule has 0 saturated carbocycles. The van der Waals surface area contributed by atoms with E-state index in [4.69, 9.17) is 4.74 Å². The van der Waals surface area contributed by atoms with Gasteiger partial charge in [-0.15, -0.1) is 11.3 Å². The van der Waals surface area contributed by atoms with Crippen LogP contribution < -0.4 is 10.1 Å². The third-order valence-corrected chi connectivity index (χ3v) is 4.00. The molecule has 2 rings (SSSR count). The third kappa shape index (κ3) is 3.08. The molecule has 0 aliphatic rings. The average Bonchev–Trinajstić information content (AvgIpc) is 2.98. The number of methoxy groups -OCH3 is 1. The topological polar surface area (TPSA) is 64.4 Å². The van der Waals surface area contributed by atoms with E-state index < -0.39 is 4.92 Å². The van der Waals surface area contributed by atoms with Gasteiger partial charge in [-0.25, -0.2) is 0 Å². The predicted molar refractivity (Wildman–Crippen MR) is 80.6 cm³/mol. The van der Waals surface area contributed by atoms with E-state index in [1.165, 1.54) is 18.1 Å². The van der Waals surface area contributed by atoms with Gasteiger partial charge in [-0.1, -0.05) is 13.0 Å². The molecule has 2 aromatic rings. The summed E-state index contributed by atoms with van der Waals surface area (Å²) in [6, 6.07) is 9.12. The van der Waals surface area contributed by atoms with Crippen molar-refractivity contribution in [3.63, 3.8) is 0 Å². The summed E-state index contributed by atoms with van der Waals surface area (Å²) in [6.45, 7) is 2.10. The predicted octanol–water partition coefficient (Wildman–Crippen LogP) is 4.23. The first-order chi connectivity index (χ1) is 9.65. The molecule has 0 aliphatic carbocycles. The van der Waals surface area contributed by atoms with Crippen LogP contribution in [0.3, 0.4) is 0 Å². The summed E-state index contributed by atoms with van der Waals surface area (Å²) < 4.78 is 5.07. The van der Waals surface area contributed by atoms with E-state index in [0.29, 0.717) is 0 Å². The van der Waals surface area contributed by atoms with Crippen LogP contribution in [0.2, 0.25) is 0 Å². The number of ether oxygens (including phenoxy) is 1. The van der Waals surface area contributed by atoms with Gasteiger partial charge in [0.25, 0.3) is 0 Å². The molecule has 1 heterocycles. The molecule has 0 radical (unpaired) electrons. The number of nitro groups is 1. The highest BCUT2D eigenvalue weighted by Gasteiger charge is 2.16. The van der Waals surface area contributed by atoms with Crippen LogP contribution in [0.1, 0.15) is 24.3 Å². The van der Waals surface area contributed by atoms with Crippen LogP contribution in [0.4, 0.5) is 11.4 Å². The van der Waals surface area contributed by atoms with Gasteiger partial charge < -0.3 is 10.1 Å². The summed E-state index contributed by atoms with van der Waals surface area (Å²) in [6.07, 6.45) is 0.930. The van der Waals surface area contributed by atoms with Gasteiger partial charge in [-0.2, -0.15) is 0 Å². The zero-order chi connectivity index (χ0) is 14.5. The molecule has 0 aliphatic heterocycles. The minimum absolute atomic E-state index is 0.0257. The first-order valence-electron chi connectivity index (χ1n) is 6.28. The van der Waals surface area contributed by atoms with Crippen molar-refractivity contribution in [3.05, 3.63) is 50.7 Å². The van der Waals surface area contributed by atoms with E-state index in [1.807, 2.05) is 11.4 Å². The largest absolute Gasteiger partial charge is 0.490 e. The van der Waals surface area contributed by atoms with Gasteiger partial charge in [0.05, 0.1) is 18.1 Å². The van der Waals surface area contributed by atoms with E-state index in [1.54, 1.807) is 23.5 Å². The second kappa shape index (κ2) is 6.38. The number of nitrogens with zero attached hydrogens (tertiary/aromatic N) is 1. The van der Waals surface area contributed by atoms with Crippen LogP contribution in [-0.2, 0) is 0 Å². The van der Waals surface area contributed by atoms with Crippen molar-refractivity contribution >= 4 is 22.7 Å². The number of nitro benzene ring substituents is 1. The molecule has 106 valence electrons. The van der Waals surface area contributed by atoms with Crippen LogP contribution in [-0.4, -0.2) is 12.0 Å². The molecule has 1 atom stereocenters. The monoisotopic (exact) mass is 292 g/mol. The Morgan fingerprint density at radius 2 is 2.25 bits per heavy atom. The SMILES string of the molecule is CCC(Nc1ccc([N+](=O)[O-])c(OC)c1)c1cccs1. The van der Waals surface area contributed by atoms with Gasteiger partial charge in [0, 0.05) is 22.7 Å². The van der Waals surface area contributed by atoms with E-state index >= 15 is 0 Å². The maximum atomic E-state index is 10.9. The Balaban J connectivity index is 2.23. The molecule has 1 N–H and O–H groups in total. The number of rotatable bonds is 6. The smallest absolute Gasteiger partial charge is 0.311 e. The number of thiophene rings is 1. The first kappa shape index (κ1) is 14.3. The summed E-state index contributed by atoms with van der Waals surface area (Å²) in [5, 5.41) is 16.3. The van der Waals surface area contributed by atoms with Crippen molar-refractivity contribution in [2.75, 3.05) is 12.4 Å². The lowest BCUT2D eigenvalue weighted by molar-refractivity contribution is -0.385. The fraction of sp³-hybridized carbons (Fsp3) is 0.286. The lowest BCUT2D eigenvalue weighted by Gasteiger charge is -2.17. The Morgan fingerprint density at radius 1 is 1.45 bits per heavy atom. The Bertz CT molecular complexity index is 584. The molecule has 1 aromatic carbocycles. The summed E-state index contributed by atoms with van der Waals surface area (Å²) in [7, 11) is 1.43. The lowest BCUT2D eigenvalue weighted by Crippen LogP contribution is -2.08. The van der Waals surface area contributed by atoms with Crippen LogP contribution in [0.15, 0.2) is 35.7 Å². The molecule has 0 spiro atoms. The molecular formula is C14H16N2O3S. The number of nitrogens with one attached hydrogen (secondary N) is 1. The summed E-state index contributed by atoms with van der Waals surface area (Å²) in [4.78, 5) is 11.7. The third-order valence-electron chi connectivity index (χ3n) is 3.01. The number of hydrogen-bond acceptors (Lipinski definition) is 5. The minimum Gasteiger partial charge on any atom is -0.490 e. The molecule has 0 bridgehead atoms. The Kier molecular flexibility index (Phi) is 4.57. The van der Waals surface area contributed by atoms with E-state index in [0.717, 1.165) is 12.1 Å². The zero-order valence-electron chi connectivity index (χ0n) is 11.3. The lowest BCUT2D eigenvalue weighted by atomic mass is 10.1. The molecule has 0 saturated heterocycles. The van der Waals surface area contributed by atoms with Gasteiger partial charge in [0.1, 0.15) is 0 Å². The molecule has 20 heavy (non-hydrogen) atoms. The highest BCUT2D eigenvalue weighted by molar-refractivity contribution is 7.10. The Hall–Kier alpha value is -2.08. The maximum Gasteiger partial charge on any atom is 0.311 e. The molecule has 0 amide bonds. The van der Waals surface area contributed by atoms with Crippen molar-refractivity contribution in [3.8, 4) is 5.75 Å². The zero-order valence-corrected chi connectivity index (χ0v) is 12.1. The van der Waals surface area contributed by atoms with Crippen LogP contribution in [0, 0.1) is 10.1 Å². The Labute approximate surface area is 121 Å². The summed E-state index contributed by atoms with van der Waals surface area (Å²) in [5.41, 5.74) is 0.787. The normalized spacial score (nSPS) is 11.9. The van der Waals surface area contributed by atoms with Crippen molar-refractivity contribution in [2.45, 2.75) is 19.4 Å². The minimum atomic E-state index is -0.445. The quantitative estimate of drug-likeness (QED) is 0.639. The highest BCUT2D eigenvalue weighted by atomic mass is 32.1. The van der Waals surface area contributed by atoms with Gasteiger partial charge in [0.2, 0.25) is 0 Å². The van der Waals surface area contributed by atoms with Crippen molar-refractivity contribution in [1.29, 1.82) is 0 Å². The van der Waals surface area contributed by atoms with E-state index in [9.17, 15) is 10.1 Å². The maximum absolute atomic E-state index is 10.9. The van der Waals surface area contributed by atoms with Gasteiger partial charge in [0.15, 0.2) is 5.75 Å². The van der Waals surface area contributed by atoms with Gasteiger partial charge >= 0.3 is 5.69 Å². The molecule has 5 nitrogen and oxygen atoms in total.